The molecule has 1 aliphatic heterocycles. The van der Waals surface area contributed by atoms with Gasteiger partial charge in [-0.2, -0.15) is 0 Å². The molecule has 0 aromatic rings. The van der Waals surface area contributed by atoms with Crippen LogP contribution in [0, 0.1) is 5.92 Å². The third-order valence-corrected chi connectivity index (χ3v) is 2.73. The van der Waals surface area contributed by atoms with E-state index >= 15 is 0 Å². The maximum Gasteiger partial charge on any atom is 0.409 e. The fourth-order valence-electron chi connectivity index (χ4n) is 1.76. The SMILES string of the molecule is COC(=O)N(C)CC1CN(C(C)C)C1. The van der Waals surface area contributed by atoms with E-state index in [1.807, 2.05) is 0 Å². The molecule has 0 aromatic heterocycles. The monoisotopic (exact) mass is 200 g/mol. The van der Waals surface area contributed by atoms with Crippen molar-refractivity contribution < 1.29 is 9.53 Å². The fraction of sp³-hybridized carbons (Fsp3) is 0.900. The molecule has 1 fully saturated rings. The van der Waals surface area contributed by atoms with Crippen LogP contribution >= 0.6 is 0 Å². The number of hydrogen-bond acceptors (Lipinski definition) is 3. The normalized spacial score (nSPS) is 18.1. The van der Waals surface area contributed by atoms with E-state index in [2.05, 4.69) is 23.5 Å². The molecule has 1 heterocycles. The third kappa shape index (κ3) is 2.61. The Morgan fingerprint density at radius 3 is 2.57 bits per heavy atom. The van der Waals surface area contributed by atoms with Crippen LogP contribution in [0.25, 0.3) is 0 Å². The summed E-state index contributed by atoms with van der Waals surface area (Å²) in [6.07, 6.45) is -0.243. The molecule has 1 rings (SSSR count). The first-order chi connectivity index (χ1) is 6.54. The number of carbonyl (C=O) groups is 1. The van der Waals surface area contributed by atoms with Gasteiger partial charge in [0.05, 0.1) is 7.11 Å². The van der Waals surface area contributed by atoms with Gasteiger partial charge >= 0.3 is 6.09 Å². The molecule has 0 radical (unpaired) electrons. The molecule has 0 bridgehead atoms. The van der Waals surface area contributed by atoms with Crippen LogP contribution in [0.15, 0.2) is 0 Å². The first-order valence-corrected chi connectivity index (χ1v) is 5.07. The molecule has 1 aliphatic rings. The van der Waals surface area contributed by atoms with E-state index in [1.54, 1.807) is 11.9 Å². The summed E-state index contributed by atoms with van der Waals surface area (Å²) in [5, 5.41) is 0. The van der Waals surface area contributed by atoms with Gasteiger partial charge in [-0.05, 0) is 13.8 Å². The Kier molecular flexibility index (Phi) is 3.75. The lowest BCUT2D eigenvalue weighted by Crippen LogP contribution is -2.54. The Balaban J connectivity index is 2.19. The number of nitrogens with zero attached hydrogens (tertiary/aromatic N) is 2. The number of amides is 1. The molecular formula is C10H20N2O2. The molecule has 1 saturated heterocycles. The van der Waals surface area contributed by atoms with Crippen LogP contribution in [0.1, 0.15) is 13.8 Å². The topological polar surface area (TPSA) is 32.8 Å². The molecule has 4 heteroatoms. The Morgan fingerprint density at radius 1 is 1.57 bits per heavy atom. The van der Waals surface area contributed by atoms with Crippen LogP contribution in [-0.4, -0.2) is 55.7 Å². The second kappa shape index (κ2) is 4.64. The lowest BCUT2D eigenvalue weighted by molar-refractivity contribution is 0.0449. The van der Waals surface area contributed by atoms with Gasteiger partial charge in [-0.1, -0.05) is 0 Å². The molecular weight excluding hydrogens is 180 g/mol. The smallest absolute Gasteiger partial charge is 0.409 e. The molecule has 0 aliphatic carbocycles. The molecule has 0 atom stereocenters. The van der Waals surface area contributed by atoms with E-state index in [0.29, 0.717) is 12.0 Å². The predicted octanol–water partition coefficient (Wildman–Crippen LogP) is 1.02. The summed E-state index contributed by atoms with van der Waals surface area (Å²) in [4.78, 5) is 15.1. The van der Waals surface area contributed by atoms with Gasteiger partial charge in [0.25, 0.3) is 0 Å². The Hall–Kier alpha value is -0.770. The van der Waals surface area contributed by atoms with Crippen molar-refractivity contribution in [2.75, 3.05) is 33.8 Å². The van der Waals surface area contributed by atoms with Gasteiger partial charge in [0.15, 0.2) is 0 Å². The number of rotatable bonds is 3. The van der Waals surface area contributed by atoms with E-state index in [4.69, 9.17) is 0 Å². The molecule has 0 aromatic carbocycles. The van der Waals surface area contributed by atoms with Gasteiger partial charge in [0, 0.05) is 38.6 Å². The summed E-state index contributed by atoms with van der Waals surface area (Å²) in [6.45, 7) is 7.38. The Morgan fingerprint density at radius 2 is 2.14 bits per heavy atom. The second-order valence-corrected chi connectivity index (χ2v) is 4.26. The van der Waals surface area contributed by atoms with Crippen molar-refractivity contribution in [3.05, 3.63) is 0 Å². The predicted molar refractivity (Wildman–Crippen MR) is 55.2 cm³/mol. The van der Waals surface area contributed by atoms with Crippen LogP contribution in [0.3, 0.4) is 0 Å². The zero-order valence-electron chi connectivity index (χ0n) is 9.49. The van der Waals surface area contributed by atoms with Crippen LogP contribution < -0.4 is 0 Å². The van der Waals surface area contributed by atoms with Gasteiger partial charge < -0.3 is 14.5 Å². The minimum Gasteiger partial charge on any atom is -0.453 e. The van der Waals surface area contributed by atoms with Crippen molar-refractivity contribution in [1.29, 1.82) is 0 Å². The molecule has 1 amide bonds. The molecule has 0 spiro atoms. The van der Waals surface area contributed by atoms with Crippen LogP contribution in [0.4, 0.5) is 4.79 Å². The van der Waals surface area contributed by atoms with Gasteiger partial charge in [-0.25, -0.2) is 4.79 Å². The van der Waals surface area contributed by atoms with Crippen LogP contribution in [-0.2, 0) is 4.74 Å². The number of likely N-dealkylation sites (tertiary alicyclic amines) is 1. The van der Waals surface area contributed by atoms with E-state index < -0.39 is 0 Å². The standard InChI is InChI=1S/C10H20N2O2/c1-8(2)12-6-9(7-12)5-11(3)10(13)14-4/h8-9H,5-7H2,1-4H3. The average molecular weight is 200 g/mol. The first kappa shape index (κ1) is 11.3. The minimum atomic E-state index is -0.243. The lowest BCUT2D eigenvalue weighted by atomic mass is 9.98. The highest BCUT2D eigenvalue weighted by Gasteiger charge is 2.30. The summed E-state index contributed by atoms with van der Waals surface area (Å²) < 4.78 is 4.63. The number of methoxy groups -OCH3 is 1. The summed E-state index contributed by atoms with van der Waals surface area (Å²) in [5.41, 5.74) is 0. The van der Waals surface area contributed by atoms with E-state index in [-0.39, 0.29) is 6.09 Å². The van der Waals surface area contributed by atoms with Gasteiger partial charge in [0.2, 0.25) is 0 Å². The minimum absolute atomic E-state index is 0.243. The number of ether oxygens (including phenoxy) is 1. The van der Waals surface area contributed by atoms with Gasteiger partial charge in [-0.3, -0.25) is 0 Å². The summed E-state index contributed by atoms with van der Waals surface area (Å²) in [6, 6.07) is 0.620. The van der Waals surface area contributed by atoms with Gasteiger partial charge in [0.1, 0.15) is 0 Å². The van der Waals surface area contributed by atoms with E-state index in [1.165, 1.54) is 7.11 Å². The van der Waals surface area contributed by atoms with Crippen molar-refractivity contribution in [2.45, 2.75) is 19.9 Å². The fourth-order valence-corrected chi connectivity index (χ4v) is 1.76. The molecule has 4 nitrogen and oxygen atoms in total. The van der Waals surface area contributed by atoms with E-state index in [0.717, 1.165) is 19.6 Å². The molecule has 0 unspecified atom stereocenters. The third-order valence-electron chi connectivity index (χ3n) is 2.73. The van der Waals surface area contributed by atoms with Gasteiger partial charge in [-0.15, -0.1) is 0 Å². The summed E-state index contributed by atoms with van der Waals surface area (Å²) in [7, 11) is 3.20. The highest BCUT2D eigenvalue weighted by Crippen LogP contribution is 2.18. The Bertz CT molecular complexity index is 200. The average Bonchev–Trinajstić information content (AvgIpc) is 2.07. The van der Waals surface area contributed by atoms with Crippen molar-refractivity contribution in [3.8, 4) is 0 Å². The zero-order chi connectivity index (χ0) is 10.7. The maximum absolute atomic E-state index is 11.1. The first-order valence-electron chi connectivity index (χ1n) is 5.07. The largest absolute Gasteiger partial charge is 0.453 e. The zero-order valence-corrected chi connectivity index (χ0v) is 9.49. The Labute approximate surface area is 85.8 Å². The van der Waals surface area contributed by atoms with Crippen molar-refractivity contribution in [1.82, 2.24) is 9.80 Å². The number of carbonyl (C=O) groups excluding carboxylic acids is 1. The second-order valence-electron chi connectivity index (χ2n) is 4.26. The highest BCUT2D eigenvalue weighted by atomic mass is 16.5. The van der Waals surface area contributed by atoms with Crippen molar-refractivity contribution in [3.63, 3.8) is 0 Å². The summed E-state index contributed by atoms with van der Waals surface area (Å²) in [5.74, 6) is 0.612. The summed E-state index contributed by atoms with van der Waals surface area (Å²) >= 11 is 0. The lowest BCUT2D eigenvalue weighted by Gasteiger charge is -2.43. The maximum atomic E-state index is 11.1. The highest BCUT2D eigenvalue weighted by molar-refractivity contribution is 5.66. The molecule has 82 valence electrons. The van der Waals surface area contributed by atoms with Crippen LogP contribution in [0.2, 0.25) is 0 Å². The van der Waals surface area contributed by atoms with E-state index in [9.17, 15) is 4.79 Å². The van der Waals surface area contributed by atoms with Crippen LogP contribution in [0.5, 0.6) is 0 Å². The molecule has 0 N–H and O–H groups in total. The van der Waals surface area contributed by atoms with Crippen molar-refractivity contribution in [2.24, 2.45) is 5.92 Å². The van der Waals surface area contributed by atoms with Crippen molar-refractivity contribution >= 4 is 6.09 Å². The molecule has 14 heavy (non-hydrogen) atoms. The quantitative estimate of drug-likeness (QED) is 0.682. The number of hydrogen-bond donors (Lipinski definition) is 0. The molecule has 0 saturated carbocycles.